The fourth-order valence-electron chi connectivity index (χ4n) is 3.07. The lowest BCUT2D eigenvalue weighted by Crippen LogP contribution is -2.48. The summed E-state index contributed by atoms with van der Waals surface area (Å²) in [5.41, 5.74) is 5.89. The minimum Gasteiger partial charge on any atom is -0.384 e. The highest BCUT2D eigenvalue weighted by Crippen LogP contribution is 2.17. The molecule has 2 aliphatic rings. The number of nitrogens with zero attached hydrogens (tertiary/aromatic N) is 2. The SMILES string of the molecule is COCC1CCCN(C(=O)CN2CCC(N)CC2)C1. The predicted molar refractivity (Wildman–Crippen MR) is 74.8 cm³/mol. The average molecular weight is 269 g/mol. The molecule has 5 heteroatoms. The number of methoxy groups -OCH3 is 1. The number of likely N-dealkylation sites (tertiary alicyclic amines) is 2. The highest BCUT2D eigenvalue weighted by Gasteiger charge is 2.25. The summed E-state index contributed by atoms with van der Waals surface area (Å²) < 4.78 is 5.21. The highest BCUT2D eigenvalue weighted by atomic mass is 16.5. The lowest BCUT2D eigenvalue weighted by molar-refractivity contribution is -0.134. The molecule has 5 nitrogen and oxygen atoms in total. The van der Waals surface area contributed by atoms with Crippen molar-refractivity contribution in [1.82, 2.24) is 9.80 Å². The second kappa shape index (κ2) is 7.22. The Kier molecular flexibility index (Phi) is 5.60. The van der Waals surface area contributed by atoms with Gasteiger partial charge in [0.1, 0.15) is 0 Å². The first-order valence-corrected chi connectivity index (χ1v) is 7.43. The zero-order chi connectivity index (χ0) is 13.7. The van der Waals surface area contributed by atoms with Crippen molar-refractivity contribution in [3.8, 4) is 0 Å². The third-order valence-electron chi connectivity index (χ3n) is 4.27. The van der Waals surface area contributed by atoms with Crippen molar-refractivity contribution in [1.29, 1.82) is 0 Å². The number of hydrogen-bond acceptors (Lipinski definition) is 4. The van der Waals surface area contributed by atoms with E-state index in [2.05, 4.69) is 4.90 Å². The van der Waals surface area contributed by atoms with Gasteiger partial charge < -0.3 is 15.4 Å². The second-order valence-corrected chi connectivity index (χ2v) is 5.92. The van der Waals surface area contributed by atoms with Crippen LogP contribution in [0.3, 0.4) is 0 Å². The third-order valence-corrected chi connectivity index (χ3v) is 4.27. The standard InChI is InChI=1S/C14H27N3O2/c1-19-11-12-3-2-6-17(9-12)14(18)10-16-7-4-13(15)5-8-16/h12-13H,2-11,15H2,1H3. The summed E-state index contributed by atoms with van der Waals surface area (Å²) in [5, 5.41) is 0. The first kappa shape index (κ1) is 14.8. The van der Waals surface area contributed by atoms with Gasteiger partial charge in [-0.05, 0) is 31.6 Å². The Balaban J connectivity index is 1.76. The van der Waals surface area contributed by atoms with Crippen LogP contribution >= 0.6 is 0 Å². The molecule has 0 aromatic rings. The smallest absolute Gasteiger partial charge is 0.236 e. The van der Waals surface area contributed by atoms with Crippen molar-refractivity contribution in [3.05, 3.63) is 0 Å². The molecule has 2 rings (SSSR count). The molecule has 0 aliphatic carbocycles. The van der Waals surface area contributed by atoms with Crippen LogP contribution in [0.1, 0.15) is 25.7 Å². The predicted octanol–water partition coefficient (Wildman–Crippen LogP) is 0.295. The van der Waals surface area contributed by atoms with Crippen molar-refractivity contribution < 1.29 is 9.53 Å². The van der Waals surface area contributed by atoms with E-state index in [9.17, 15) is 4.79 Å². The van der Waals surface area contributed by atoms with Gasteiger partial charge in [0.2, 0.25) is 5.91 Å². The molecule has 110 valence electrons. The summed E-state index contributed by atoms with van der Waals surface area (Å²) >= 11 is 0. The van der Waals surface area contributed by atoms with E-state index in [1.807, 2.05) is 4.90 Å². The molecule has 0 aromatic carbocycles. The van der Waals surface area contributed by atoms with Crippen LogP contribution in [0.5, 0.6) is 0 Å². The summed E-state index contributed by atoms with van der Waals surface area (Å²) in [6.45, 7) is 5.02. The molecular weight excluding hydrogens is 242 g/mol. The Labute approximate surface area is 116 Å². The second-order valence-electron chi connectivity index (χ2n) is 5.92. The van der Waals surface area contributed by atoms with Crippen molar-refractivity contribution in [3.63, 3.8) is 0 Å². The average Bonchev–Trinajstić information content (AvgIpc) is 2.42. The Bertz CT molecular complexity index is 288. The zero-order valence-corrected chi connectivity index (χ0v) is 12.0. The van der Waals surface area contributed by atoms with Gasteiger partial charge in [-0.2, -0.15) is 0 Å². The molecule has 1 unspecified atom stereocenters. The van der Waals surface area contributed by atoms with Crippen molar-refractivity contribution in [2.75, 3.05) is 46.4 Å². The summed E-state index contributed by atoms with van der Waals surface area (Å²) in [6, 6.07) is 0.326. The molecule has 2 aliphatic heterocycles. The van der Waals surface area contributed by atoms with Crippen molar-refractivity contribution in [2.45, 2.75) is 31.7 Å². The van der Waals surface area contributed by atoms with Crippen molar-refractivity contribution in [2.24, 2.45) is 11.7 Å². The van der Waals surface area contributed by atoms with Gasteiger partial charge in [0.25, 0.3) is 0 Å². The van der Waals surface area contributed by atoms with Gasteiger partial charge in [-0.3, -0.25) is 9.69 Å². The fraction of sp³-hybridized carbons (Fsp3) is 0.929. The van der Waals surface area contributed by atoms with Gasteiger partial charge in [0.15, 0.2) is 0 Å². The summed E-state index contributed by atoms with van der Waals surface area (Å²) in [7, 11) is 1.73. The van der Waals surface area contributed by atoms with Crippen LogP contribution in [0.15, 0.2) is 0 Å². The van der Waals surface area contributed by atoms with Crippen LogP contribution in [0.2, 0.25) is 0 Å². The monoisotopic (exact) mass is 269 g/mol. The molecule has 19 heavy (non-hydrogen) atoms. The number of hydrogen-bond donors (Lipinski definition) is 1. The van der Waals surface area contributed by atoms with Crippen molar-refractivity contribution >= 4 is 5.91 Å². The number of piperidine rings is 2. The first-order chi connectivity index (χ1) is 9.19. The number of carbonyl (C=O) groups is 1. The number of amides is 1. The van der Waals surface area contributed by atoms with Crippen LogP contribution in [0, 0.1) is 5.92 Å². The molecule has 0 radical (unpaired) electrons. The zero-order valence-electron chi connectivity index (χ0n) is 12.0. The molecule has 2 fully saturated rings. The molecule has 0 aromatic heterocycles. The minimum absolute atomic E-state index is 0.274. The molecule has 0 spiro atoms. The van der Waals surface area contributed by atoms with E-state index in [-0.39, 0.29) is 5.91 Å². The van der Waals surface area contributed by atoms with E-state index >= 15 is 0 Å². The Morgan fingerprint density at radius 3 is 2.68 bits per heavy atom. The Morgan fingerprint density at radius 2 is 2.00 bits per heavy atom. The van der Waals surface area contributed by atoms with Gasteiger partial charge in [0.05, 0.1) is 13.2 Å². The largest absolute Gasteiger partial charge is 0.384 e. The normalized spacial score (nSPS) is 26.6. The Morgan fingerprint density at radius 1 is 1.26 bits per heavy atom. The number of carbonyl (C=O) groups excluding carboxylic acids is 1. The van der Waals surface area contributed by atoms with Crippen LogP contribution in [-0.4, -0.2) is 68.2 Å². The van der Waals surface area contributed by atoms with Crippen LogP contribution in [-0.2, 0) is 9.53 Å². The van der Waals surface area contributed by atoms with E-state index in [4.69, 9.17) is 10.5 Å². The fourth-order valence-corrected chi connectivity index (χ4v) is 3.07. The Hall–Kier alpha value is -0.650. The third kappa shape index (κ3) is 4.44. The lowest BCUT2D eigenvalue weighted by Gasteiger charge is -2.35. The van der Waals surface area contributed by atoms with Gasteiger partial charge in [0, 0.05) is 39.3 Å². The van der Waals surface area contributed by atoms with E-state index < -0.39 is 0 Å². The molecule has 2 saturated heterocycles. The van der Waals surface area contributed by atoms with E-state index in [1.165, 1.54) is 6.42 Å². The summed E-state index contributed by atoms with van der Waals surface area (Å²) in [5.74, 6) is 0.786. The number of ether oxygens (including phenoxy) is 1. The summed E-state index contributed by atoms with van der Waals surface area (Å²) in [6.07, 6.45) is 4.31. The number of rotatable bonds is 4. The summed E-state index contributed by atoms with van der Waals surface area (Å²) in [4.78, 5) is 16.6. The highest BCUT2D eigenvalue weighted by molar-refractivity contribution is 5.78. The molecular formula is C14H27N3O2. The maximum Gasteiger partial charge on any atom is 0.236 e. The van der Waals surface area contributed by atoms with Crippen LogP contribution in [0.25, 0.3) is 0 Å². The van der Waals surface area contributed by atoms with E-state index in [0.29, 0.717) is 18.5 Å². The van der Waals surface area contributed by atoms with E-state index in [0.717, 1.165) is 52.0 Å². The van der Waals surface area contributed by atoms with Gasteiger partial charge in [-0.15, -0.1) is 0 Å². The minimum atomic E-state index is 0.274. The first-order valence-electron chi connectivity index (χ1n) is 7.43. The van der Waals surface area contributed by atoms with Gasteiger partial charge in [-0.25, -0.2) is 0 Å². The molecule has 0 bridgehead atoms. The van der Waals surface area contributed by atoms with Gasteiger partial charge >= 0.3 is 0 Å². The molecule has 2 N–H and O–H groups in total. The maximum absolute atomic E-state index is 12.3. The molecule has 0 saturated carbocycles. The molecule has 1 atom stereocenters. The molecule has 1 amide bonds. The van der Waals surface area contributed by atoms with Crippen LogP contribution in [0.4, 0.5) is 0 Å². The van der Waals surface area contributed by atoms with Gasteiger partial charge in [-0.1, -0.05) is 0 Å². The number of nitrogens with two attached hydrogens (primary N) is 1. The topological polar surface area (TPSA) is 58.8 Å². The van der Waals surface area contributed by atoms with E-state index in [1.54, 1.807) is 7.11 Å². The quantitative estimate of drug-likeness (QED) is 0.797. The molecule has 2 heterocycles. The lowest BCUT2D eigenvalue weighted by atomic mass is 9.99. The van der Waals surface area contributed by atoms with Crippen LogP contribution < -0.4 is 5.73 Å². The maximum atomic E-state index is 12.3.